The Hall–Kier alpha value is -7.09. The molecule has 5 heterocycles. The summed E-state index contributed by atoms with van der Waals surface area (Å²) in [5.41, 5.74) is 5.35. The van der Waals surface area contributed by atoms with Gasteiger partial charge in [0, 0.05) is 60.0 Å². The average molecular weight is 1090 g/mol. The lowest BCUT2D eigenvalue weighted by Gasteiger charge is -2.35. The molecule has 0 spiro atoms. The lowest BCUT2D eigenvalue weighted by molar-refractivity contribution is -0.144. The summed E-state index contributed by atoms with van der Waals surface area (Å²) in [5.74, 6) is -3.60. The second kappa shape index (κ2) is 24.1. The number of carbonyl (C=O) groups excluding carboxylic acids is 7. The summed E-state index contributed by atoms with van der Waals surface area (Å²) >= 11 is 7.89. The Kier molecular flexibility index (Phi) is 17.5. The van der Waals surface area contributed by atoms with Crippen molar-refractivity contribution in [2.45, 2.75) is 111 Å². The van der Waals surface area contributed by atoms with Gasteiger partial charge in [0.2, 0.25) is 35.4 Å². The number of rotatable bonds is 8. The molecule has 6 amide bonds. The number of hydrogen-bond acceptors (Lipinski definition) is 12. The zero-order valence-electron chi connectivity index (χ0n) is 44.8. The van der Waals surface area contributed by atoms with E-state index in [9.17, 15) is 33.6 Å². The predicted octanol–water partition coefficient (Wildman–Crippen LogP) is 5.79. The first-order valence-electron chi connectivity index (χ1n) is 26.0. The fraction of sp³-hybridized carbons (Fsp3) is 0.439. The van der Waals surface area contributed by atoms with E-state index in [0.29, 0.717) is 41.8 Å². The molecule has 2 aromatic heterocycles. The number of hydrogen-bond donors (Lipinski definition) is 4. The minimum atomic E-state index is -1.34. The number of likely N-dealkylation sites (N-methyl/N-ethyl adjacent to an activating group) is 1. The number of carbonyl (C=O) groups is 7. The van der Waals surface area contributed by atoms with E-state index in [1.54, 1.807) is 23.5 Å². The van der Waals surface area contributed by atoms with Gasteiger partial charge in [-0.25, -0.2) is 0 Å². The topological polar surface area (TPSA) is 226 Å². The molecule has 406 valence electrons. The van der Waals surface area contributed by atoms with E-state index in [1.807, 2.05) is 113 Å². The number of thiophene rings is 1. The Labute approximate surface area is 457 Å². The molecule has 2 saturated heterocycles. The number of aliphatic imine (C=N–C) groups is 1. The number of aromatic nitrogens is 3. The highest BCUT2D eigenvalue weighted by atomic mass is 35.5. The van der Waals surface area contributed by atoms with Crippen LogP contribution in [0.1, 0.15) is 98.2 Å². The first-order chi connectivity index (χ1) is 36.7. The molecule has 20 heteroatoms. The van der Waals surface area contributed by atoms with Crippen LogP contribution in [-0.2, 0) is 44.7 Å². The lowest BCUT2D eigenvalue weighted by Crippen LogP contribution is -2.57. The molecule has 0 bridgehead atoms. The Morgan fingerprint density at radius 3 is 2.23 bits per heavy atom. The minimum absolute atomic E-state index is 0.0196. The van der Waals surface area contributed by atoms with Crippen LogP contribution in [0.5, 0.6) is 0 Å². The van der Waals surface area contributed by atoms with E-state index < -0.39 is 83.6 Å². The number of ether oxygens (including phenoxy) is 1. The summed E-state index contributed by atoms with van der Waals surface area (Å²) in [6, 6.07) is 19.6. The van der Waals surface area contributed by atoms with Crippen LogP contribution in [0.3, 0.4) is 0 Å². The first-order valence-corrected chi connectivity index (χ1v) is 27.2. The summed E-state index contributed by atoms with van der Waals surface area (Å²) < 4.78 is 7.64. The fourth-order valence-electron chi connectivity index (χ4n) is 10.00. The minimum Gasteiger partial charge on any atom is -0.370 e. The van der Waals surface area contributed by atoms with Crippen LogP contribution in [-0.4, -0.2) is 136 Å². The number of Topliss-reactive ketones (excluding diaryl/α,β-unsaturated/α-hetero) is 1. The molecule has 6 atom stereocenters. The molecule has 5 aromatic rings. The van der Waals surface area contributed by atoms with Gasteiger partial charge in [-0.3, -0.25) is 43.1 Å². The second-order valence-electron chi connectivity index (χ2n) is 21.2. The summed E-state index contributed by atoms with van der Waals surface area (Å²) in [6.45, 7) is 12.2. The highest BCUT2D eigenvalue weighted by molar-refractivity contribution is 7.15. The summed E-state index contributed by atoms with van der Waals surface area (Å²) in [5, 5.41) is 21.6. The van der Waals surface area contributed by atoms with Crippen LogP contribution in [0, 0.1) is 32.1 Å². The van der Waals surface area contributed by atoms with Crippen LogP contribution < -0.4 is 21.3 Å². The molecule has 4 N–H and O–H groups in total. The van der Waals surface area contributed by atoms with Gasteiger partial charge in [0.1, 0.15) is 41.6 Å². The van der Waals surface area contributed by atoms with Crippen LogP contribution in [0.2, 0.25) is 5.02 Å². The molecule has 3 aliphatic rings. The zero-order chi connectivity index (χ0) is 55.3. The molecule has 0 radical (unpaired) electrons. The van der Waals surface area contributed by atoms with Gasteiger partial charge >= 0.3 is 0 Å². The molecular formula is C57H67ClN10O8S. The van der Waals surface area contributed by atoms with Crippen molar-refractivity contribution in [3.63, 3.8) is 0 Å². The molecule has 1 unspecified atom stereocenters. The van der Waals surface area contributed by atoms with Crippen molar-refractivity contribution in [2.24, 2.45) is 16.3 Å². The summed E-state index contributed by atoms with van der Waals surface area (Å²) in [4.78, 5) is 109. The Morgan fingerprint density at radius 2 is 1.53 bits per heavy atom. The van der Waals surface area contributed by atoms with Gasteiger partial charge in [0.25, 0.3) is 0 Å². The van der Waals surface area contributed by atoms with Gasteiger partial charge < -0.3 is 35.8 Å². The molecule has 0 saturated carbocycles. The third-order valence-electron chi connectivity index (χ3n) is 14.5. The first kappa shape index (κ1) is 56.1. The van der Waals surface area contributed by atoms with Gasteiger partial charge in [-0.1, -0.05) is 99.1 Å². The van der Waals surface area contributed by atoms with Crippen molar-refractivity contribution in [3.05, 3.63) is 123 Å². The molecule has 3 aromatic carbocycles. The molecule has 8 rings (SSSR count). The highest BCUT2D eigenvalue weighted by Gasteiger charge is 2.43. The molecule has 3 aliphatic heterocycles. The highest BCUT2D eigenvalue weighted by Crippen LogP contribution is 2.40. The van der Waals surface area contributed by atoms with Crippen LogP contribution in [0.15, 0.2) is 83.9 Å². The van der Waals surface area contributed by atoms with Crippen LogP contribution in [0.25, 0.3) is 16.1 Å². The van der Waals surface area contributed by atoms with E-state index in [2.05, 4.69) is 31.5 Å². The molecular weight excluding hydrogens is 1020 g/mol. The maximum absolute atomic E-state index is 14.5. The summed E-state index contributed by atoms with van der Waals surface area (Å²) in [7, 11) is 1.50. The molecule has 77 heavy (non-hydrogen) atoms. The van der Waals surface area contributed by atoms with Crippen molar-refractivity contribution < 1.29 is 38.3 Å². The lowest BCUT2D eigenvalue weighted by atomic mass is 9.85. The van der Waals surface area contributed by atoms with E-state index >= 15 is 0 Å². The number of aryl methyl sites for hydroxylation is 2. The van der Waals surface area contributed by atoms with Crippen molar-refractivity contribution in [1.82, 2.24) is 45.8 Å². The molecule has 2 fully saturated rings. The van der Waals surface area contributed by atoms with Crippen molar-refractivity contribution >= 4 is 69.9 Å². The van der Waals surface area contributed by atoms with Crippen molar-refractivity contribution in [2.75, 3.05) is 39.9 Å². The van der Waals surface area contributed by atoms with E-state index in [-0.39, 0.29) is 44.7 Å². The van der Waals surface area contributed by atoms with Gasteiger partial charge in [0.05, 0.1) is 24.8 Å². The van der Waals surface area contributed by atoms with Gasteiger partial charge in [-0.15, -0.1) is 21.5 Å². The average Bonchev–Trinajstić information content (AvgIpc) is 4.11. The number of benzene rings is 3. The number of nitrogens with one attached hydrogen (secondary N) is 4. The maximum Gasteiger partial charge on any atom is 0.246 e. The maximum atomic E-state index is 14.5. The van der Waals surface area contributed by atoms with Crippen LogP contribution in [0.4, 0.5) is 0 Å². The largest absolute Gasteiger partial charge is 0.370 e. The number of nitrogens with zero attached hydrogens (tertiary/aromatic N) is 6. The van der Waals surface area contributed by atoms with Gasteiger partial charge in [0.15, 0.2) is 11.6 Å². The Bertz CT molecular complexity index is 3060. The van der Waals surface area contributed by atoms with Gasteiger partial charge in [-0.2, -0.15) is 0 Å². The number of amides is 6. The van der Waals surface area contributed by atoms with Crippen molar-refractivity contribution in [1.29, 1.82) is 0 Å². The quantitative estimate of drug-likeness (QED) is 0.146. The summed E-state index contributed by atoms with van der Waals surface area (Å²) in [6.07, 6.45) is 0.617. The Balaban J connectivity index is 1.05. The SMILES string of the molecule is Cc1sc2c(c1C)C(c1ccc(Cl)cc1)=N[C@@H](CC(=O)NC[C@H]1NC(=O)[C@@H](C)NC(=O)[C@@H](Cc3ccc(-c4ccccc4)cc3)CC(=O)[C@@H]3CCCN3C(=O)C(C(C)(C)C)NC(=O)COCCN(C)C1=O)c1nnc(C)n1-2. The number of fused-ring (bicyclic) bond motifs is 4. The third-order valence-corrected chi connectivity index (χ3v) is 15.9. The van der Waals surface area contributed by atoms with Crippen molar-refractivity contribution in [3.8, 4) is 16.1 Å². The fourth-order valence-corrected chi connectivity index (χ4v) is 11.3. The number of halogens is 1. The zero-order valence-corrected chi connectivity index (χ0v) is 46.3. The third kappa shape index (κ3) is 13.0. The van der Waals surface area contributed by atoms with Crippen LogP contribution >= 0.6 is 22.9 Å². The van der Waals surface area contributed by atoms with E-state index in [1.165, 1.54) is 23.8 Å². The van der Waals surface area contributed by atoms with E-state index in [4.69, 9.17) is 21.3 Å². The predicted molar refractivity (Wildman–Crippen MR) is 294 cm³/mol. The standard InChI is InChI=1S/C57H67ClN10O8S/c1-32-34(3)77-56-48(32)49(39-20-22-41(58)23-21-39)61-42(51-65-64-35(4)68(51)56)29-46(70)59-30-43-54(74)66(8)25-26-76-31-47(71)63-50(57(5,6)7)55(75)67-24-12-15-44(67)45(69)28-40(53(73)60-33(2)52(72)62-43)27-36-16-18-38(19-17-36)37-13-10-9-11-14-37/h9-11,13-14,16-23,33,40,42-44,50H,12,15,24-31H2,1-8H3,(H,59,70)(H,60,73)(H,62,72)(H,63,71)/t33-,40+,42+,43-,44+,50?/m1/s1. The Morgan fingerprint density at radius 1 is 0.844 bits per heavy atom. The monoisotopic (exact) mass is 1090 g/mol. The molecule has 18 nitrogen and oxygen atoms in total. The smallest absolute Gasteiger partial charge is 0.246 e. The normalized spacial score (nSPS) is 22.4. The van der Waals surface area contributed by atoms with Gasteiger partial charge in [-0.05, 0) is 86.8 Å². The second-order valence-corrected chi connectivity index (χ2v) is 22.8. The molecule has 0 aliphatic carbocycles. The number of ketones is 1. The van der Waals surface area contributed by atoms with E-state index in [0.717, 1.165) is 43.3 Å².